The number of hydrogen-bond acceptors (Lipinski definition) is 7. The number of hydrogen-bond donors (Lipinski definition) is 0. The molecule has 0 N–H and O–H groups in total. The van der Waals surface area contributed by atoms with Crippen LogP contribution in [0.1, 0.15) is 12.7 Å². The zero-order valence-corrected chi connectivity index (χ0v) is 16.4. The molecule has 1 amide bonds. The van der Waals surface area contributed by atoms with Crippen molar-refractivity contribution in [3.63, 3.8) is 0 Å². The number of carbonyl (C=O) groups excluding carboxylic acids is 1. The number of amides is 1. The molecule has 1 aliphatic heterocycles. The van der Waals surface area contributed by atoms with Crippen LogP contribution in [0.2, 0.25) is 0 Å². The number of morpholine rings is 1. The van der Waals surface area contributed by atoms with Gasteiger partial charge >= 0.3 is 0 Å². The summed E-state index contributed by atoms with van der Waals surface area (Å²) in [6, 6.07) is 7.39. The zero-order chi connectivity index (χ0) is 19.1. The molecule has 1 saturated heterocycles. The van der Waals surface area contributed by atoms with Crippen LogP contribution in [0.4, 0.5) is 0 Å². The minimum atomic E-state index is 0.102. The highest BCUT2D eigenvalue weighted by Gasteiger charge is 2.19. The third-order valence-corrected chi connectivity index (χ3v) is 5.18. The van der Waals surface area contributed by atoms with Crippen molar-refractivity contribution in [3.05, 3.63) is 30.1 Å². The van der Waals surface area contributed by atoms with Gasteiger partial charge in [-0.3, -0.25) is 4.79 Å². The molecule has 0 bridgehead atoms. The standard InChI is InChI=1S/C18H24N4O4S/c1-3-22-16(12-26-15-6-4-14(24-2)5-7-15)19-20-18(22)27-13-17(23)21-8-10-25-11-9-21/h4-7H,3,8-13H2,1-2H3. The largest absolute Gasteiger partial charge is 0.497 e. The van der Waals surface area contributed by atoms with E-state index in [0.717, 1.165) is 22.5 Å². The molecule has 0 atom stereocenters. The molecule has 1 fully saturated rings. The lowest BCUT2D eigenvalue weighted by Gasteiger charge is -2.26. The van der Waals surface area contributed by atoms with Gasteiger partial charge in [-0.15, -0.1) is 10.2 Å². The van der Waals surface area contributed by atoms with E-state index in [1.54, 1.807) is 7.11 Å². The third-order valence-electron chi connectivity index (χ3n) is 4.23. The van der Waals surface area contributed by atoms with E-state index < -0.39 is 0 Å². The van der Waals surface area contributed by atoms with Crippen LogP contribution in [0.15, 0.2) is 29.4 Å². The highest BCUT2D eigenvalue weighted by molar-refractivity contribution is 7.99. The Morgan fingerprint density at radius 2 is 1.89 bits per heavy atom. The third kappa shape index (κ3) is 5.14. The molecule has 3 rings (SSSR count). The summed E-state index contributed by atoms with van der Waals surface area (Å²) in [4.78, 5) is 14.1. The molecule has 2 heterocycles. The van der Waals surface area contributed by atoms with Crippen LogP contribution in [0.3, 0.4) is 0 Å². The fourth-order valence-electron chi connectivity index (χ4n) is 2.70. The van der Waals surface area contributed by atoms with E-state index >= 15 is 0 Å². The first kappa shape index (κ1) is 19.5. The topological polar surface area (TPSA) is 78.7 Å². The molecule has 0 saturated carbocycles. The summed E-state index contributed by atoms with van der Waals surface area (Å²) in [5.41, 5.74) is 0. The maximum absolute atomic E-state index is 12.3. The Balaban J connectivity index is 1.56. The minimum Gasteiger partial charge on any atom is -0.497 e. The maximum Gasteiger partial charge on any atom is 0.233 e. The van der Waals surface area contributed by atoms with Crippen molar-refractivity contribution >= 4 is 17.7 Å². The summed E-state index contributed by atoms with van der Waals surface area (Å²) in [5.74, 6) is 2.69. The van der Waals surface area contributed by atoms with Gasteiger partial charge in [0.15, 0.2) is 11.0 Å². The van der Waals surface area contributed by atoms with Gasteiger partial charge in [-0.2, -0.15) is 0 Å². The Labute approximate surface area is 162 Å². The van der Waals surface area contributed by atoms with Crippen LogP contribution in [0.25, 0.3) is 0 Å². The molecule has 27 heavy (non-hydrogen) atoms. The van der Waals surface area contributed by atoms with E-state index in [1.165, 1.54) is 11.8 Å². The summed E-state index contributed by atoms with van der Waals surface area (Å²) < 4.78 is 18.2. The van der Waals surface area contributed by atoms with Gasteiger partial charge in [-0.05, 0) is 31.2 Å². The fraction of sp³-hybridized carbons (Fsp3) is 0.500. The number of aromatic nitrogens is 3. The summed E-state index contributed by atoms with van der Waals surface area (Å²) in [6.45, 7) is 5.56. The van der Waals surface area contributed by atoms with E-state index in [9.17, 15) is 4.79 Å². The lowest BCUT2D eigenvalue weighted by Crippen LogP contribution is -2.41. The Kier molecular flexibility index (Phi) is 6.94. The predicted molar refractivity (Wildman–Crippen MR) is 101 cm³/mol. The van der Waals surface area contributed by atoms with Crippen LogP contribution in [0.5, 0.6) is 11.5 Å². The number of ether oxygens (including phenoxy) is 3. The monoisotopic (exact) mass is 392 g/mol. The van der Waals surface area contributed by atoms with E-state index in [1.807, 2.05) is 40.7 Å². The second-order valence-corrected chi connectivity index (χ2v) is 6.83. The second-order valence-electron chi connectivity index (χ2n) is 5.89. The lowest BCUT2D eigenvalue weighted by atomic mass is 10.3. The van der Waals surface area contributed by atoms with Gasteiger partial charge in [0, 0.05) is 19.6 Å². The highest BCUT2D eigenvalue weighted by atomic mass is 32.2. The van der Waals surface area contributed by atoms with Crippen molar-refractivity contribution < 1.29 is 19.0 Å². The number of nitrogens with zero attached hydrogens (tertiary/aromatic N) is 4. The van der Waals surface area contributed by atoms with Crippen molar-refractivity contribution in [1.82, 2.24) is 19.7 Å². The molecule has 0 radical (unpaired) electrons. The molecular weight excluding hydrogens is 368 g/mol. The normalized spacial score (nSPS) is 14.2. The summed E-state index contributed by atoms with van der Waals surface area (Å²) in [5, 5.41) is 9.18. The predicted octanol–water partition coefficient (Wildman–Crippen LogP) is 1.84. The Morgan fingerprint density at radius 3 is 2.56 bits per heavy atom. The van der Waals surface area contributed by atoms with Gasteiger partial charge < -0.3 is 23.7 Å². The number of benzene rings is 1. The average molecular weight is 392 g/mol. The summed E-state index contributed by atoms with van der Waals surface area (Å²) in [7, 11) is 1.63. The molecule has 146 valence electrons. The van der Waals surface area contributed by atoms with Gasteiger partial charge in [0.25, 0.3) is 0 Å². The van der Waals surface area contributed by atoms with Crippen molar-refractivity contribution in [1.29, 1.82) is 0 Å². The molecule has 9 heteroatoms. The van der Waals surface area contributed by atoms with Crippen molar-refractivity contribution in [3.8, 4) is 11.5 Å². The number of rotatable bonds is 8. The highest BCUT2D eigenvalue weighted by Crippen LogP contribution is 2.21. The molecule has 2 aromatic rings. The fourth-order valence-corrected chi connectivity index (χ4v) is 3.62. The first-order chi connectivity index (χ1) is 13.2. The van der Waals surface area contributed by atoms with Gasteiger partial charge in [0.1, 0.15) is 18.1 Å². The van der Waals surface area contributed by atoms with E-state index in [-0.39, 0.29) is 5.91 Å². The Morgan fingerprint density at radius 1 is 1.19 bits per heavy atom. The molecule has 1 aliphatic rings. The van der Waals surface area contributed by atoms with Crippen LogP contribution in [0, 0.1) is 0 Å². The van der Waals surface area contributed by atoms with Crippen LogP contribution < -0.4 is 9.47 Å². The van der Waals surface area contributed by atoms with Gasteiger partial charge in [-0.1, -0.05) is 11.8 Å². The van der Waals surface area contributed by atoms with Crippen LogP contribution in [-0.2, 0) is 22.7 Å². The molecule has 1 aromatic carbocycles. The Hall–Kier alpha value is -2.26. The first-order valence-electron chi connectivity index (χ1n) is 8.88. The number of thioether (sulfide) groups is 1. The van der Waals surface area contributed by atoms with Crippen LogP contribution in [-0.4, -0.2) is 64.7 Å². The van der Waals surface area contributed by atoms with E-state index in [2.05, 4.69) is 10.2 Å². The quantitative estimate of drug-likeness (QED) is 0.634. The van der Waals surface area contributed by atoms with Crippen molar-refractivity contribution in [2.45, 2.75) is 25.2 Å². The Bertz CT molecular complexity index is 744. The average Bonchev–Trinajstić information content (AvgIpc) is 3.13. The van der Waals surface area contributed by atoms with Gasteiger partial charge in [0.2, 0.25) is 5.91 Å². The zero-order valence-electron chi connectivity index (χ0n) is 15.6. The SMILES string of the molecule is CCn1c(COc2ccc(OC)cc2)nnc1SCC(=O)N1CCOCC1. The van der Waals surface area contributed by atoms with Crippen molar-refractivity contribution in [2.24, 2.45) is 0 Å². The van der Waals surface area contributed by atoms with E-state index in [0.29, 0.717) is 45.2 Å². The number of methoxy groups -OCH3 is 1. The van der Waals surface area contributed by atoms with Gasteiger partial charge in [-0.25, -0.2) is 0 Å². The first-order valence-corrected chi connectivity index (χ1v) is 9.87. The van der Waals surface area contributed by atoms with E-state index in [4.69, 9.17) is 14.2 Å². The molecule has 0 spiro atoms. The van der Waals surface area contributed by atoms with Gasteiger partial charge in [0.05, 0.1) is 26.1 Å². The molecule has 1 aromatic heterocycles. The number of carbonyl (C=O) groups is 1. The second kappa shape index (κ2) is 9.61. The van der Waals surface area contributed by atoms with Crippen molar-refractivity contribution in [2.75, 3.05) is 39.2 Å². The molecule has 0 aliphatic carbocycles. The maximum atomic E-state index is 12.3. The summed E-state index contributed by atoms with van der Waals surface area (Å²) in [6.07, 6.45) is 0. The molecular formula is C18H24N4O4S. The smallest absolute Gasteiger partial charge is 0.233 e. The molecule has 0 unspecified atom stereocenters. The molecule has 8 nitrogen and oxygen atoms in total. The minimum absolute atomic E-state index is 0.102. The summed E-state index contributed by atoms with van der Waals surface area (Å²) >= 11 is 1.41. The van der Waals surface area contributed by atoms with Crippen LogP contribution >= 0.6 is 11.8 Å². The lowest BCUT2D eigenvalue weighted by molar-refractivity contribution is -0.132.